The Balaban J connectivity index is 1.91. The van der Waals surface area contributed by atoms with Crippen molar-refractivity contribution < 1.29 is 0 Å². The predicted molar refractivity (Wildman–Crippen MR) is 92.9 cm³/mol. The van der Waals surface area contributed by atoms with Crippen molar-refractivity contribution in [1.29, 1.82) is 0 Å². The number of hydrogen-bond acceptors (Lipinski definition) is 2. The smallest absolute Gasteiger partial charge is 0.0420 e. The summed E-state index contributed by atoms with van der Waals surface area (Å²) in [5.41, 5.74) is 6.40. The second-order valence-corrected chi connectivity index (χ2v) is 7.86. The summed E-state index contributed by atoms with van der Waals surface area (Å²) in [5, 5.41) is 3.77. The normalized spacial score (nSPS) is 24.8. The molecule has 0 amide bonds. The summed E-state index contributed by atoms with van der Waals surface area (Å²) in [6.07, 6.45) is 4.22. The molecule has 0 radical (unpaired) electrons. The molecule has 2 unspecified atom stereocenters. The van der Waals surface area contributed by atoms with E-state index in [0.29, 0.717) is 0 Å². The van der Waals surface area contributed by atoms with Gasteiger partial charge in [0.05, 0.1) is 0 Å². The molecule has 1 nitrogen and oxygen atoms in total. The van der Waals surface area contributed by atoms with Gasteiger partial charge in [-0.15, -0.1) is 11.3 Å². The fraction of sp³-hybridized carbons (Fsp3) is 0.474. The number of nitrogens with zero attached hydrogens (tertiary/aromatic N) is 1. The van der Waals surface area contributed by atoms with E-state index in [1.807, 2.05) is 11.3 Å². The Morgan fingerprint density at radius 3 is 2.81 bits per heavy atom. The molecular weight excluding hydrogens is 274 g/mol. The van der Waals surface area contributed by atoms with Gasteiger partial charge >= 0.3 is 0 Å². The second kappa shape index (κ2) is 4.96. The number of allylic oxidation sites excluding steroid dienone is 1. The number of rotatable bonds is 3. The van der Waals surface area contributed by atoms with Crippen molar-refractivity contribution in [3.8, 4) is 0 Å². The van der Waals surface area contributed by atoms with E-state index in [4.69, 9.17) is 0 Å². The molecule has 2 bridgehead atoms. The summed E-state index contributed by atoms with van der Waals surface area (Å²) >= 11 is 1.93. The van der Waals surface area contributed by atoms with Crippen molar-refractivity contribution in [3.63, 3.8) is 0 Å². The van der Waals surface area contributed by atoms with E-state index in [9.17, 15) is 0 Å². The molecule has 1 aromatic heterocycles. The lowest BCUT2D eigenvalue weighted by molar-refractivity contribution is 0.423. The highest BCUT2D eigenvalue weighted by atomic mass is 32.1. The summed E-state index contributed by atoms with van der Waals surface area (Å²) in [4.78, 5) is 2.34. The monoisotopic (exact) mass is 297 g/mol. The van der Waals surface area contributed by atoms with E-state index in [1.165, 1.54) is 40.5 Å². The fourth-order valence-corrected chi connectivity index (χ4v) is 5.47. The van der Waals surface area contributed by atoms with Gasteiger partial charge in [0.2, 0.25) is 0 Å². The van der Waals surface area contributed by atoms with Crippen LogP contribution in [0.2, 0.25) is 0 Å². The maximum atomic E-state index is 2.37. The zero-order valence-corrected chi connectivity index (χ0v) is 14.0. The van der Waals surface area contributed by atoms with Crippen LogP contribution in [0.15, 0.2) is 29.2 Å². The van der Waals surface area contributed by atoms with Crippen LogP contribution in [-0.2, 0) is 0 Å². The van der Waals surface area contributed by atoms with Crippen molar-refractivity contribution in [3.05, 3.63) is 40.3 Å². The largest absolute Gasteiger partial charge is 0.305 e. The molecule has 0 saturated heterocycles. The molecule has 0 spiro atoms. The Labute approximate surface area is 131 Å². The van der Waals surface area contributed by atoms with Crippen molar-refractivity contribution in [2.45, 2.75) is 26.2 Å². The average molecular weight is 297 g/mol. The van der Waals surface area contributed by atoms with Crippen LogP contribution in [0.3, 0.4) is 0 Å². The van der Waals surface area contributed by atoms with Gasteiger partial charge in [0.1, 0.15) is 0 Å². The van der Waals surface area contributed by atoms with Crippen LogP contribution in [0.1, 0.15) is 30.4 Å². The van der Waals surface area contributed by atoms with Gasteiger partial charge in [0, 0.05) is 11.2 Å². The third kappa shape index (κ3) is 2.08. The first-order chi connectivity index (χ1) is 10.1. The van der Waals surface area contributed by atoms with Crippen LogP contribution >= 0.6 is 11.3 Å². The first-order valence-corrected chi connectivity index (χ1v) is 8.88. The molecular formula is C19H23NS. The quantitative estimate of drug-likeness (QED) is 0.774. The molecule has 1 fully saturated rings. The van der Waals surface area contributed by atoms with Crippen molar-refractivity contribution in [2.75, 3.05) is 20.6 Å². The Kier molecular flexibility index (Phi) is 3.20. The highest BCUT2D eigenvalue weighted by Gasteiger charge is 2.39. The summed E-state index contributed by atoms with van der Waals surface area (Å²) in [7, 11) is 4.40. The lowest BCUT2D eigenvalue weighted by Crippen LogP contribution is -2.19. The Morgan fingerprint density at radius 2 is 2.00 bits per heavy atom. The van der Waals surface area contributed by atoms with Crippen molar-refractivity contribution in [1.82, 2.24) is 4.90 Å². The molecule has 0 aliphatic heterocycles. The molecule has 2 aliphatic rings. The average Bonchev–Trinajstić information content (AvgIpc) is 3.13. The minimum atomic E-state index is 0.818. The number of thiophene rings is 1. The van der Waals surface area contributed by atoms with Crippen LogP contribution < -0.4 is 0 Å². The van der Waals surface area contributed by atoms with Crippen molar-refractivity contribution in [2.24, 2.45) is 11.8 Å². The van der Waals surface area contributed by atoms with Crippen LogP contribution in [0.25, 0.3) is 15.7 Å². The van der Waals surface area contributed by atoms with E-state index in [0.717, 1.165) is 18.4 Å². The molecule has 2 aliphatic carbocycles. The summed E-state index contributed by atoms with van der Waals surface area (Å²) in [6, 6.07) is 6.90. The third-order valence-corrected chi connectivity index (χ3v) is 6.40. The fourth-order valence-electron chi connectivity index (χ4n) is 4.39. The Morgan fingerprint density at radius 1 is 1.19 bits per heavy atom. The van der Waals surface area contributed by atoms with Crippen LogP contribution in [0.5, 0.6) is 0 Å². The summed E-state index contributed by atoms with van der Waals surface area (Å²) in [6.45, 7) is 3.37. The van der Waals surface area contributed by atoms with Gasteiger partial charge in [-0.1, -0.05) is 18.2 Å². The Hall–Kier alpha value is -1.12. The molecule has 21 heavy (non-hydrogen) atoms. The van der Waals surface area contributed by atoms with E-state index < -0.39 is 0 Å². The molecule has 110 valence electrons. The maximum Gasteiger partial charge on any atom is 0.0420 e. The van der Waals surface area contributed by atoms with Gasteiger partial charge in [-0.3, -0.25) is 0 Å². The highest BCUT2D eigenvalue weighted by molar-refractivity contribution is 7.17. The van der Waals surface area contributed by atoms with Gasteiger partial charge in [-0.05, 0) is 85.2 Å². The van der Waals surface area contributed by atoms with Crippen LogP contribution in [-0.4, -0.2) is 25.5 Å². The molecule has 2 heteroatoms. The zero-order chi connectivity index (χ0) is 14.6. The van der Waals surface area contributed by atoms with Crippen LogP contribution in [0.4, 0.5) is 0 Å². The Bertz CT molecular complexity index is 722. The van der Waals surface area contributed by atoms with Gasteiger partial charge in [0.25, 0.3) is 0 Å². The first kappa shape index (κ1) is 13.5. The van der Waals surface area contributed by atoms with Crippen molar-refractivity contribution >= 4 is 27.0 Å². The van der Waals surface area contributed by atoms with Gasteiger partial charge in [-0.25, -0.2) is 0 Å². The number of fused-ring (bicyclic) bond motifs is 3. The second-order valence-electron chi connectivity index (χ2n) is 6.98. The standard InChI is InChI=1S/C19H23NS/c1-12-11-21-19-15(12)5-4-6-16(19)18-14-8-7-13(9-14)17(18)10-20(2)3/h4-6,11,13-14H,7-10H2,1-3H3. The molecule has 1 saturated carbocycles. The highest BCUT2D eigenvalue weighted by Crippen LogP contribution is 2.53. The topological polar surface area (TPSA) is 3.24 Å². The summed E-state index contributed by atoms with van der Waals surface area (Å²) < 4.78 is 1.51. The van der Waals surface area contributed by atoms with E-state index in [2.05, 4.69) is 49.5 Å². The zero-order valence-electron chi connectivity index (χ0n) is 13.1. The maximum absolute atomic E-state index is 2.37. The molecule has 4 rings (SSSR count). The van der Waals surface area contributed by atoms with E-state index >= 15 is 0 Å². The van der Waals surface area contributed by atoms with Gasteiger partial charge in [0.15, 0.2) is 0 Å². The number of likely N-dealkylation sites (N-methyl/N-ethyl adjacent to an activating group) is 1. The van der Waals surface area contributed by atoms with Gasteiger partial charge < -0.3 is 4.90 Å². The lowest BCUT2D eigenvalue weighted by Gasteiger charge is -2.23. The molecule has 1 heterocycles. The first-order valence-electron chi connectivity index (χ1n) is 8.00. The number of hydrogen-bond donors (Lipinski definition) is 0. The van der Waals surface area contributed by atoms with E-state index in [1.54, 1.807) is 11.1 Å². The van der Waals surface area contributed by atoms with Crippen LogP contribution in [0, 0.1) is 18.8 Å². The van der Waals surface area contributed by atoms with Gasteiger partial charge in [-0.2, -0.15) is 0 Å². The number of benzene rings is 1. The lowest BCUT2D eigenvalue weighted by atomic mass is 9.86. The predicted octanol–water partition coefficient (Wildman–Crippen LogP) is 4.95. The molecule has 2 aromatic rings. The molecule has 1 aromatic carbocycles. The minimum absolute atomic E-state index is 0.818. The number of aryl methyl sites for hydroxylation is 1. The molecule has 2 atom stereocenters. The minimum Gasteiger partial charge on any atom is -0.305 e. The third-order valence-electron chi connectivity index (χ3n) is 5.25. The van der Waals surface area contributed by atoms with E-state index in [-0.39, 0.29) is 0 Å². The SMILES string of the molecule is Cc1csc2c(C3=C(CN(C)C)C4CCC3C4)cccc12. The summed E-state index contributed by atoms with van der Waals surface area (Å²) in [5.74, 6) is 1.67. The molecule has 0 N–H and O–H groups in total.